The molecule has 1 aromatic heterocycles. The van der Waals surface area contributed by atoms with Gasteiger partial charge in [-0.3, -0.25) is 0 Å². The van der Waals surface area contributed by atoms with Crippen molar-refractivity contribution in [2.45, 2.75) is 0 Å². The molecule has 0 radical (unpaired) electrons. The molecule has 0 aliphatic heterocycles. The summed E-state index contributed by atoms with van der Waals surface area (Å²) in [5.74, 6) is 0. The van der Waals surface area contributed by atoms with Gasteiger partial charge >= 0.3 is 0 Å². The van der Waals surface area contributed by atoms with E-state index in [-0.39, 0.29) is 10.8 Å². The first kappa shape index (κ1) is 9.97. The van der Waals surface area contributed by atoms with Crippen LogP contribution in [0.3, 0.4) is 0 Å². The largest absolute Gasteiger partial charge is 0.456 e. The van der Waals surface area contributed by atoms with Crippen molar-refractivity contribution >= 4 is 54.3 Å². The molecule has 0 spiro atoms. The Morgan fingerprint density at radius 3 is 1.65 bits per heavy atom. The van der Waals surface area contributed by atoms with Gasteiger partial charge in [-0.15, -0.1) is 0 Å². The maximum atomic E-state index is 9.42. The lowest BCUT2D eigenvalue weighted by Gasteiger charge is -2.18. The highest BCUT2D eigenvalue weighted by Crippen LogP contribution is 2.45. The van der Waals surface area contributed by atoms with Gasteiger partial charge in [0.2, 0.25) is 0 Å². The quantitative estimate of drug-likeness (QED) is 0.192. The summed E-state index contributed by atoms with van der Waals surface area (Å²) in [7, 11) is 0. The molecule has 0 aliphatic rings. The fourth-order valence-electron chi connectivity index (χ4n) is 5.15. The Kier molecular flexibility index (Phi) is 2.19. The van der Waals surface area contributed by atoms with E-state index in [1.165, 1.54) is 0 Å². The summed E-state index contributed by atoms with van der Waals surface area (Å²) in [4.78, 5) is 0. The first-order chi connectivity index (χ1) is 31.7. The van der Waals surface area contributed by atoms with E-state index in [0.717, 1.165) is 6.07 Å². The molecule has 9 aromatic rings. The fraction of sp³-hybridized carbons (Fsp3) is 0. The zero-order valence-corrected chi connectivity index (χ0v) is 21.5. The van der Waals surface area contributed by atoms with Crippen LogP contribution in [0, 0.1) is 0 Å². The summed E-state index contributed by atoms with van der Waals surface area (Å²) >= 11 is 0. The van der Waals surface area contributed by atoms with E-state index in [2.05, 4.69) is 0 Å². The molecule has 1 heterocycles. The summed E-state index contributed by atoms with van der Waals surface area (Å²) in [5, 5.41) is -4.11. The van der Waals surface area contributed by atoms with Crippen LogP contribution in [0.4, 0.5) is 0 Å². The van der Waals surface area contributed by atoms with Crippen LogP contribution < -0.4 is 0 Å². The summed E-state index contributed by atoms with van der Waals surface area (Å²) in [6.45, 7) is 0. The minimum Gasteiger partial charge on any atom is -0.456 e. The van der Waals surface area contributed by atoms with E-state index in [1.54, 1.807) is 0 Å². The topological polar surface area (TPSA) is 13.1 Å². The van der Waals surface area contributed by atoms with Crippen LogP contribution in [0.5, 0.6) is 0 Å². The van der Waals surface area contributed by atoms with Gasteiger partial charge in [0.05, 0.1) is 34.3 Å². The Morgan fingerprint density at radius 1 is 0.349 bits per heavy atom. The molecule has 0 fully saturated rings. The highest BCUT2D eigenvalue weighted by atomic mass is 16.3. The molecule has 0 N–H and O–H groups in total. The van der Waals surface area contributed by atoms with Crippen LogP contribution in [0.2, 0.25) is 0 Å². The van der Waals surface area contributed by atoms with Gasteiger partial charge in [-0.25, -0.2) is 0 Å². The maximum Gasteiger partial charge on any atom is 0.136 e. The smallest absolute Gasteiger partial charge is 0.136 e. The average molecular weight is 572 g/mol. The average Bonchev–Trinajstić information content (AvgIpc) is 3.70. The normalized spacial score (nSPS) is 19.9. The van der Waals surface area contributed by atoms with Gasteiger partial charge in [0.25, 0.3) is 0 Å². The molecule has 0 atom stereocenters. The highest BCUT2D eigenvalue weighted by molar-refractivity contribution is 6.22. The van der Waals surface area contributed by atoms with E-state index in [4.69, 9.17) is 27.7 Å². The van der Waals surface area contributed by atoms with Gasteiger partial charge in [0.1, 0.15) is 11.2 Å². The van der Waals surface area contributed by atoms with Crippen LogP contribution in [0.25, 0.3) is 87.6 Å². The first-order valence-electron chi connectivity index (χ1n) is 25.2. The monoisotopic (exact) mass is 571 g/mol. The molecule has 0 saturated heterocycles. The zero-order valence-electron chi connectivity index (χ0n) is 46.5. The lowest BCUT2D eigenvalue weighted by Crippen LogP contribution is -1.91. The minimum absolute atomic E-state index is 0.257. The Morgan fingerprint density at radius 2 is 0.930 bits per heavy atom. The van der Waals surface area contributed by atoms with Crippen LogP contribution in [0.15, 0.2) is 162 Å². The molecule has 0 unspecified atom stereocenters. The predicted molar refractivity (Wildman–Crippen MR) is 183 cm³/mol. The van der Waals surface area contributed by atoms with E-state index in [9.17, 15) is 11.0 Å². The number of rotatable bonds is 3. The molecule has 1 nitrogen and oxygen atoms in total. The van der Waals surface area contributed by atoms with E-state index in [1.807, 2.05) is 0 Å². The van der Waals surface area contributed by atoms with Crippen molar-refractivity contribution in [3.8, 4) is 33.4 Å². The summed E-state index contributed by atoms with van der Waals surface area (Å²) in [6, 6.07) is -19.7. The third kappa shape index (κ3) is 3.79. The Hall–Kier alpha value is -5.66. The number of hydrogen-bond donors (Lipinski definition) is 0. The van der Waals surface area contributed by atoms with Crippen molar-refractivity contribution < 1.29 is 38.7 Å². The highest BCUT2D eigenvalue weighted by Gasteiger charge is 2.18. The Labute approximate surface area is 284 Å². The van der Waals surface area contributed by atoms with Gasteiger partial charge in [-0.05, 0) is 95.9 Å². The molecule has 0 bridgehead atoms. The fourth-order valence-corrected chi connectivity index (χ4v) is 5.15. The van der Waals surface area contributed by atoms with E-state index < -0.39 is 228 Å². The molecule has 43 heavy (non-hydrogen) atoms. The van der Waals surface area contributed by atoms with Crippen LogP contribution >= 0.6 is 0 Å². The Balaban J connectivity index is 1.53. The maximum absolute atomic E-state index is 9.42. The van der Waals surface area contributed by atoms with Crippen molar-refractivity contribution in [3.63, 3.8) is 0 Å². The molecular weight excluding hydrogens is 520 g/mol. The van der Waals surface area contributed by atoms with Crippen molar-refractivity contribution in [1.82, 2.24) is 0 Å². The van der Waals surface area contributed by atoms with Crippen LogP contribution in [-0.4, -0.2) is 0 Å². The summed E-state index contributed by atoms with van der Waals surface area (Å²) in [6.07, 6.45) is 0. The van der Waals surface area contributed by atoms with E-state index >= 15 is 0 Å². The lowest BCUT2D eigenvalue weighted by atomic mass is 9.85. The molecule has 0 amide bonds. The van der Waals surface area contributed by atoms with Gasteiger partial charge in [-0.1, -0.05) is 127 Å². The second kappa shape index (κ2) is 9.44. The van der Waals surface area contributed by atoms with Crippen LogP contribution in [-0.2, 0) is 0 Å². The third-order valence-corrected chi connectivity index (χ3v) is 6.99. The van der Waals surface area contributed by atoms with Crippen molar-refractivity contribution in [1.29, 1.82) is 0 Å². The SMILES string of the molecule is [2H]c1c([2H])c([2H])c(-c2c([2H])c([2H])c3c(oc4c([2H])c([2H])c(-c5c6c([2H])c([2H])c([2H])c([2H])c6c(-c6c([2H])c([2H])c7c([2H])c([2H])c([2H])c([2H])c7c6[2H])c6c([2H])c([2H])c([2H])c([2H])c56)cc43)c2[2H])c([2H])c1[2H]. The standard InChI is InChI=1S/C42H26O/c1-2-10-27(11-3-1)30-20-22-33-38-25-32(21-23-39(38)43-40(33)26-30)42-36-16-8-6-14-34(36)41(35-15-7-9-17-37(35)42)31-19-18-28-12-4-5-13-29(28)24-31/h1-26H/i1D,2D,3D,4D,5D,6D,7D,8D,9D,10D,11D,12D,13D,14D,15D,16D,17D,18D,19D,20D,21D,22D,23D,24D,26D. The van der Waals surface area contributed by atoms with Gasteiger partial charge in [-0.2, -0.15) is 0 Å². The molecule has 8 aromatic carbocycles. The van der Waals surface area contributed by atoms with Crippen molar-refractivity contribution in [2.24, 2.45) is 0 Å². The predicted octanol–water partition coefficient (Wildman–Crippen LogP) is 12.0. The molecule has 200 valence electrons. The van der Waals surface area contributed by atoms with Crippen molar-refractivity contribution in [2.75, 3.05) is 0 Å². The molecular formula is C42H26O. The van der Waals surface area contributed by atoms with Gasteiger partial charge < -0.3 is 4.42 Å². The summed E-state index contributed by atoms with van der Waals surface area (Å²) < 4.78 is 227. The number of benzene rings is 8. The second-order valence-corrected chi connectivity index (χ2v) is 9.36. The number of hydrogen-bond acceptors (Lipinski definition) is 1. The molecule has 0 saturated carbocycles. The second-order valence-electron chi connectivity index (χ2n) is 9.36. The third-order valence-electron chi connectivity index (χ3n) is 6.99. The van der Waals surface area contributed by atoms with Crippen LogP contribution in [0.1, 0.15) is 34.3 Å². The van der Waals surface area contributed by atoms with Gasteiger partial charge in [0.15, 0.2) is 0 Å². The van der Waals surface area contributed by atoms with Gasteiger partial charge in [0, 0.05) is 10.8 Å². The Bertz CT molecular complexity index is 3800. The summed E-state index contributed by atoms with van der Waals surface area (Å²) in [5.41, 5.74) is -4.47. The van der Waals surface area contributed by atoms with E-state index in [0.29, 0.717) is 0 Å². The van der Waals surface area contributed by atoms with Crippen molar-refractivity contribution in [3.05, 3.63) is 157 Å². The zero-order chi connectivity index (χ0) is 50.1. The lowest BCUT2D eigenvalue weighted by molar-refractivity contribution is 0.669. The first-order valence-corrected chi connectivity index (χ1v) is 12.7. The molecule has 0 aliphatic carbocycles. The number of fused-ring (bicyclic) bond motifs is 6. The molecule has 1 heteroatoms. The number of furan rings is 1. The molecule has 9 rings (SSSR count). The minimum atomic E-state index is -0.912.